The van der Waals surface area contributed by atoms with Crippen molar-refractivity contribution in [2.45, 2.75) is 17.9 Å². The highest BCUT2D eigenvalue weighted by Crippen LogP contribution is 2.34. The smallest absolute Gasteiger partial charge is 0.267 e. The van der Waals surface area contributed by atoms with E-state index in [2.05, 4.69) is 4.72 Å². The molecule has 1 fully saturated rings. The van der Waals surface area contributed by atoms with Crippen LogP contribution in [0.5, 0.6) is 17.2 Å². The minimum Gasteiger partial charge on any atom is -0.494 e. The number of ether oxygens (including phenoxy) is 4. The van der Waals surface area contributed by atoms with Crippen molar-refractivity contribution in [3.05, 3.63) is 42.5 Å². The van der Waals surface area contributed by atoms with Crippen molar-refractivity contribution >= 4 is 21.6 Å². The van der Waals surface area contributed by atoms with Crippen LogP contribution in [0.15, 0.2) is 47.4 Å². The van der Waals surface area contributed by atoms with Gasteiger partial charge >= 0.3 is 0 Å². The minimum atomic E-state index is -3.83. The molecule has 2 aliphatic rings. The third-order valence-corrected chi connectivity index (χ3v) is 6.28. The first-order valence-electron chi connectivity index (χ1n) is 10.0. The third-order valence-electron chi connectivity index (χ3n) is 4.90. The van der Waals surface area contributed by atoms with Gasteiger partial charge in [-0.2, -0.15) is 0 Å². The van der Waals surface area contributed by atoms with Gasteiger partial charge in [-0.25, -0.2) is 8.42 Å². The van der Waals surface area contributed by atoms with Gasteiger partial charge < -0.3 is 23.8 Å². The molecule has 31 heavy (non-hydrogen) atoms. The summed E-state index contributed by atoms with van der Waals surface area (Å²) in [6, 6.07) is 10.9. The van der Waals surface area contributed by atoms with E-state index in [9.17, 15) is 13.2 Å². The van der Waals surface area contributed by atoms with Gasteiger partial charge in [-0.3, -0.25) is 9.52 Å². The van der Waals surface area contributed by atoms with Crippen LogP contribution in [0.3, 0.4) is 0 Å². The van der Waals surface area contributed by atoms with Gasteiger partial charge in [0.15, 0.2) is 11.5 Å². The van der Waals surface area contributed by atoms with E-state index in [1.165, 1.54) is 18.2 Å². The molecule has 0 aliphatic carbocycles. The summed E-state index contributed by atoms with van der Waals surface area (Å²) < 4.78 is 50.1. The summed E-state index contributed by atoms with van der Waals surface area (Å²) in [4.78, 5) is 14.3. The lowest BCUT2D eigenvalue weighted by atomic mass is 10.2. The van der Waals surface area contributed by atoms with Gasteiger partial charge in [0.2, 0.25) is 6.10 Å². The van der Waals surface area contributed by atoms with Gasteiger partial charge in [-0.1, -0.05) is 0 Å². The Balaban J connectivity index is 1.45. The largest absolute Gasteiger partial charge is 0.494 e. The van der Waals surface area contributed by atoms with Crippen LogP contribution in [0.25, 0.3) is 0 Å². The summed E-state index contributed by atoms with van der Waals surface area (Å²) in [7, 11) is -3.83. The van der Waals surface area contributed by atoms with E-state index >= 15 is 0 Å². The predicted molar refractivity (Wildman–Crippen MR) is 112 cm³/mol. The molecular weight excluding hydrogens is 424 g/mol. The molecule has 1 atom stereocenters. The van der Waals surface area contributed by atoms with Crippen molar-refractivity contribution in [2.75, 3.05) is 44.2 Å². The number of carbonyl (C=O) groups excluding carboxylic acids is 1. The highest BCUT2D eigenvalue weighted by atomic mass is 32.2. The van der Waals surface area contributed by atoms with Gasteiger partial charge in [-0.15, -0.1) is 0 Å². The highest BCUT2D eigenvalue weighted by molar-refractivity contribution is 7.92. The molecular formula is C21H24N2O7S. The fourth-order valence-corrected chi connectivity index (χ4v) is 4.40. The van der Waals surface area contributed by atoms with E-state index in [0.29, 0.717) is 50.1 Å². The second-order valence-corrected chi connectivity index (χ2v) is 8.71. The summed E-state index contributed by atoms with van der Waals surface area (Å²) in [5.41, 5.74) is 0.412. The van der Waals surface area contributed by atoms with Gasteiger partial charge in [0.05, 0.1) is 24.7 Å². The molecule has 10 heteroatoms. The number of nitrogens with zero attached hydrogens (tertiary/aromatic N) is 1. The van der Waals surface area contributed by atoms with Crippen molar-refractivity contribution in [2.24, 2.45) is 0 Å². The zero-order chi connectivity index (χ0) is 21.8. The zero-order valence-electron chi connectivity index (χ0n) is 17.1. The maximum absolute atomic E-state index is 12.8. The Hall–Kier alpha value is -2.98. The second-order valence-electron chi connectivity index (χ2n) is 7.03. The average molecular weight is 448 g/mol. The Morgan fingerprint density at radius 1 is 1.13 bits per heavy atom. The van der Waals surface area contributed by atoms with E-state index in [0.717, 1.165) is 0 Å². The number of hydrogen-bond acceptors (Lipinski definition) is 7. The molecule has 4 rings (SSSR count). The van der Waals surface area contributed by atoms with Gasteiger partial charge in [0, 0.05) is 24.8 Å². The fraction of sp³-hybridized carbons (Fsp3) is 0.381. The lowest BCUT2D eigenvalue weighted by Gasteiger charge is -2.32. The molecule has 1 N–H and O–H groups in total. The van der Waals surface area contributed by atoms with Crippen LogP contribution >= 0.6 is 0 Å². The van der Waals surface area contributed by atoms with Crippen molar-refractivity contribution in [3.8, 4) is 17.2 Å². The number of anilines is 1. The summed E-state index contributed by atoms with van der Waals surface area (Å²) in [5.74, 6) is 1.10. The molecule has 1 amide bonds. The molecule has 2 heterocycles. The molecule has 2 aromatic rings. The van der Waals surface area contributed by atoms with Crippen molar-refractivity contribution < 1.29 is 32.2 Å². The number of nitrogens with one attached hydrogen (secondary N) is 1. The standard InChI is InChI=1S/C21H24N2O7S/c1-2-28-16-5-3-15(4-6-16)22-31(25,26)17-7-8-18-19(13-17)29-14-20(30-18)21(24)23-9-11-27-12-10-23/h3-8,13,20,22H,2,9-12,14H2,1H3/t20-/m0/s1. The van der Waals surface area contributed by atoms with Gasteiger partial charge in [0.1, 0.15) is 12.4 Å². The zero-order valence-corrected chi connectivity index (χ0v) is 17.9. The normalized spacial score (nSPS) is 18.4. The summed E-state index contributed by atoms with van der Waals surface area (Å²) in [6.45, 7) is 4.44. The molecule has 0 unspecified atom stereocenters. The molecule has 1 saturated heterocycles. The topological polar surface area (TPSA) is 103 Å². The first-order chi connectivity index (χ1) is 15.0. The minimum absolute atomic E-state index is 0.0129. The SMILES string of the molecule is CCOc1ccc(NS(=O)(=O)c2ccc3c(c2)OC[C@@H](C(=O)N2CCOCC2)O3)cc1. The number of fused-ring (bicyclic) bond motifs is 1. The van der Waals surface area contributed by atoms with Crippen LogP contribution in [0.4, 0.5) is 5.69 Å². The van der Waals surface area contributed by atoms with E-state index in [4.69, 9.17) is 18.9 Å². The Kier molecular flexibility index (Phi) is 6.19. The van der Waals surface area contributed by atoms with Crippen LogP contribution in [0.2, 0.25) is 0 Å². The number of hydrogen-bond donors (Lipinski definition) is 1. The molecule has 0 saturated carbocycles. The number of sulfonamides is 1. The number of rotatable bonds is 6. The number of benzene rings is 2. The van der Waals surface area contributed by atoms with Crippen LogP contribution in [0, 0.1) is 0 Å². The lowest BCUT2D eigenvalue weighted by molar-refractivity contribution is -0.145. The average Bonchev–Trinajstić information content (AvgIpc) is 2.80. The predicted octanol–water partition coefficient (Wildman–Crippen LogP) is 1.88. The highest BCUT2D eigenvalue weighted by Gasteiger charge is 2.32. The Bertz CT molecular complexity index is 1030. The Morgan fingerprint density at radius 3 is 2.58 bits per heavy atom. The molecule has 9 nitrogen and oxygen atoms in total. The Morgan fingerprint density at radius 2 is 1.87 bits per heavy atom. The molecule has 0 bridgehead atoms. The monoisotopic (exact) mass is 448 g/mol. The number of carbonyl (C=O) groups is 1. The fourth-order valence-electron chi connectivity index (χ4n) is 3.33. The van der Waals surface area contributed by atoms with Crippen LogP contribution in [-0.2, 0) is 19.6 Å². The second kappa shape index (κ2) is 9.03. The third kappa shape index (κ3) is 4.86. The molecule has 2 aromatic carbocycles. The maximum atomic E-state index is 12.8. The van der Waals surface area contributed by atoms with Crippen LogP contribution in [-0.4, -0.2) is 64.8 Å². The summed E-state index contributed by atoms with van der Waals surface area (Å²) in [5, 5.41) is 0. The van der Waals surface area contributed by atoms with Crippen molar-refractivity contribution in [1.29, 1.82) is 0 Å². The van der Waals surface area contributed by atoms with Gasteiger partial charge in [0.25, 0.3) is 15.9 Å². The first kappa shape index (κ1) is 21.3. The lowest BCUT2D eigenvalue weighted by Crippen LogP contribution is -2.50. The van der Waals surface area contributed by atoms with Crippen LogP contribution < -0.4 is 18.9 Å². The maximum Gasteiger partial charge on any atom is 0.267 e. The van der Waals surface area contributed by atoms with Crippen LogP contribution in [0.1, 0.15) is 6.92 Å². The van der Waals surface area contributed by atoms with E-state index < -0.39 is 16.1 Å². The molecule has 166 valence electrons. The molecule has 0 spiro atoms. The van der Waals surface area contributed by atoms with Gasteiger partial charge in [-0.05, 0) is 43.3 Å². The number of amides is 1. The molecule has 0 aromatic heterocycles. The molecule has 2 aliphatic heterocycles. The van der Waals surface area contributed by atoms with E-state index in [-0.39, 0.29) is 23.2 Å². The molecule has 0 radical (unpaired) electrons. The van der Waals surface area contributed by atoms with Crippen molar-refractivity contribution in [1.82, 2.24) is 4.90 Å². The first-order valence-corrected chi connectivity index (χ1v) is 11.5. The van der Waals surface area contributed by atoms with E-state index in [1.807, 2.05) is 6.92 Å². The number of morpholine rings is 1. The summed E-state index contributed by atoms with van der Waals surface area (Å²) in [6.07, 6.45) is -0.768. The van der Waals surface area contributed by atoms with Crippen molar-refractivity contribution in [3.63, 3.8) is 0 Å². The quantitative estimate of drug-likeness (QED) is 0.720. The van der Waals surface area contributed by atoms with E-state index in [1.54, 1.807) is 29.2 Å². The summed E-state index contributed by atoms with van der Waals surface area (Å²) >= 11 is 0. The Labute approximate surface area is 180 Å².